The van der Waals surface area contributed by atoms with Crippen molar-refractivity contribution in [2.75, 3.05) is 0 Å². The van der Waals surface area contributed by atoms with E-state index < -0.39 is 23.4 Å². The first-order valence-electron chi connectivity index (χ1n) is 11.5. The highest BCUT2D eigenvalue weighted by atomic mass is 19.4. The van der Waals surface area contributed by atoms with Gasteiger partial charge in [-0.3, -0.25) is 0 Å². The quantitative estimate of drug-likeness (QED) is 0.187. The summed E-state index contributed by atoms with van der Waals surface area (Å²) in [5.41, 5.74) is 1.50. The molecular weight excluding hydrogens is 443 g/mol. The van der Waals surface area contributed by atoms with E-state index in [1.165, 1.54) is 43.4 Å². The standard InChI is InChI=1S/C29H25F5/c1-2-3-4-5-6-19-7-8-21-16-22(10-9-20(21)15-19)23-11-13-25(27(30)17-23)24-12-14-26(28(31)18-24)29(32,33)34/h7-18H,2-6H2,1H3. The lowest BCUT2D eigenvalue weighted by Crippen LogP contribution is -2.07. The van der Waals surface area contributed by atoms with E-state index in [4.69, 9.17) is 0 Å². The highest BCUT2D eigenvalue weighted by molar-refractivity contribution is 5.88. The molecule has 0 fully saturated rings. The molecule has 0 aliphatic carbocycles. The lowest BCUT2D eigenvalue weighted by molar-refractivity contribution is -0.139. The molecule has 0 nitrogen and oxygen atoms in total. The zero-order valence-corrected chi connectivity index (χ0v) is 18.9. The SMILES string of the molecule is CCCCCCc1ccc2cc(-c3ccc(-c4ccc(C(F)(F)F)c(F)c4)c(F)c3)ccc2c1. The third kappa shape index (κ3) is 5.30. The summed E-state index contributed by atoms with van der Waals surface area (Å²) in [6.45, 7) is 2.20. The third-order valence-electron chi connectivity index (χ3n) is 6.11. The summed E-state index contributed by atoms with van der Waals surface area (Å²) >= 11 is 0. The van der Waals surface area contributed by atoms with Gasteiger partial charge in [0, 0.05) is 5.56 Å². The summed E-state index contributed by atoms with van der Waals surface area (Å²) in [5, 5.41) is 2.16. The molecule has 0 bridgehead atoms. The molecule has 176 valence electrons. The maximum Gasteiger partial charge on any atom is 0.419 e. The second kappa shape index (κ2) is 9.96. The number of benzene rings is 4. The van der Waals surface area contributed by atoms with Crippen molar-refractivity contribution in [1.29, 1.82) is 0 Å². The van der Waals surface area contributed by atoms with Gasteiger partial charge in [-0.05, 0) is 70.1 Å². The van der Waals surface area contributed by atoms with E-state index >= 15 is 0 Å². The second-order valence-electron chi connectivity index (χ2n) is 8.59. The van der Waals surface area contributed by atoms with Crippen LogP contribution in [-0.4, -0.2) is 0 Å². The fourth-order valence-electron chi connectivity index (χ4n) is 4.23. The Morgan fingerprint density at radius 2 is 1.26 bits per heavy atom. The topological polar surface area (TPSA) is 0 Å². The highest BCUT2D eigenvalue weighted by Crippen LogP contribution is 2.35. The van der Waals surface area contributed by atoms with Gasteiger partial charge in [-0.2, -0.15) is 13.2 Å². The van der Waals surface area contributed by atoms with Gasteiger partial charge in [-0.1, -0.05) is 74.7 Å². The van der Waals surface area contributed by atoms with Crippen LogP contribution in [0, 0.1) is 11.6 Å². The molecule has 0 saturated heterocycles. The molecule has 0 atom stereocenters. The van der Waals surface area contributed by atoms with Crippen LogP contribution in [0.25, 0.3) is 33.0 Å². The Morgan fingerprint density at radius 1 is 0.618 bits per heavy atom. The minimum Gasteiger partial charge on any atom is -0.206 e. The molecule has 0 N–H and O–H groups in total. The minimum absolute atomic E-state index is 0.0462. The van der Waals surface area contributed by atoms with E-state index in [1.807, 2.05) is 18.2 Å². The molecule has 0 unspecified atom stereocenters. The lowest BCUT2D eigenvalue weighted by Gasteiger charge is -2.11. The Hall–Kier alpha value is -3.21. The lowest BCUT2D eigenvalue weighted by atomic mass is 9.96. The molecule has 4 aromatic rings. The number of alkyl halides is 3. The van der Waals surface area contributed by atoms with Crippen LogP contribution >= 0.6 is 0 Å². The van der Waals surface area contributed by atoms with Crippen LogP contribution in [0.1, 0.15) is 43.7 Å². The first-order valence-corrected chi connectivity index (χ1v) is 11.5. The normalized spacial score (nSPS) is 11.8. The molecule has 0 aromatic heterocycles. The van der Waals surface area contributed by atoms with Crippen molar-refractivity contribution in [3.63, 3.8) is 0 Å². The highest BCUT2D eigenvalue weighted by Gasteiger charge is 2.34. The first-order chi connectivity index (χ1) is 16.3. The van der Waals surface area contributed by atoms with Gasteiger partial charge in [0.25, 0.3) is 0 Å². The van der Waals surface area contributed by atoms with Gasteiger partial charge in [-0.15, -0.1) is 0 Å². The average molecular weight is 469 g/mol. The molecule has 5 heteroatoms. The number of hydrogen-bond donors (Lipinski definition) is 0. The number of rotatable bonds is 7. The predicted molar refractivity (Wildman–Crippen MR) is 128 cm³/mol. The zero-order valence-electron chi connectivity index (χ0n) is 18.9. The van der Waals surface area contributed by atoms with Crippen molar-refractivity contribution >= 4 is 10.8 Å². The summed E-state index contributed by atoms with van der Waals surface area (Å²) in [7, 11) is 0. The number of fused-ring (bicyclic) bond motifs is 1. The van der Waals surface area contributed by atoms with Gasteiger partial charge >= 0.3 is 6.18 Å². The van der Waals surface area contributed by atoms with Gasteiger partial charge in [-0.25, -0.2) is 8.78 Å². The maximum absolute atomic E-state index is 14.9. The molecule has 0 amide bonds. The number of unbranched alkanes of at least 4 members (excludes halogenated alkanes) is 3. The van der Waals surface area contributed by atoms with E-state index in [0.29, 0.717) is 11.6 Å². The summed E-state index contributed by atoms with van der Waals surface area (Å²) in [4.78, 5) is 0. The van der Waals surface area contributed by atoms with Crippen LogP contribution in [0.4, 0.5) is 22.0 Å². The van der Waals surface area contributed by atoms with Gasteiger partial charge in [0.1, 0.15) is 11.6 Å². The molecule has 4 aromatic carbocycles. The molecule has 0 saturated carbocycles. The number of halogens is 5. The Labute approximate surface area is 196 Å². The molecule has 0 aliphatic heterocycles. The van der Waals surface area contributed by atoms with Gasteiger partial charge in [0.15, 0.2) is 0 Å². The van der Waals surface area contributed by atoms with Crippen molar-refractivity contribution in [1.82, 2.24) is 0 Å². The Morgan fingerprint density at radius 3 is 1.97 bits per heavy atom. The fraction of sp³-hybridized carbons (Fsp3) is 0.241. The van der Waals surface area contributed by atoms with Crippen LogP contribution in [0.15, 0.2) is 72.8 Å². The molecule has 0 heterocycles. The third-order valence-corrected chi connectivity index (χ3v) is 6.11. The zero-order chi connectivity index (χ0) is 24.3. The van der Waals surface area contributed by atoms with Crippen LogP contribution in [0.5, 0.6) is 0 Å². The van der Waals surface area contributed by atoms with Gasteiger partial charge in [0.05, 0.1) is 5.56 Å². The fourth-order valence-corrected chi connectivity index (χ4v) is 4.23. The summed E-state index contributed by atoms with van der Waals surface area (Å²) in [5.74, 6) is -2.05. The molecule has 0 aliphatic rings. The van der Waals surface area contributed by atoms with E-state index in [0.717, 1.165) is 34.9 Å². The van der Waals surface area contributed by atoms with E-state index in [1.54, 1.807) is 6.07 Å². The number of aryl methyl sites for hydroxylation is 1. The van der Waals surface area contributed by atoms with Crippen molar-refractivity contribution in [2.45, 2.75) is 45.2 Å². The monoisotopic (exact) mass is 468 g/mol. The van der Waals surface area contributed by atoms with E-state index in [9.17, 15) is 22.0 Å². The molecule has 34 heavy (non-hydrogen) atoms. The van der Waals surface area contributed by atoms with E-state index in [-0.39, 0.29) is 11.1 Å². The van der Waals surface area contributed by atoms with Crippen molar-refractivity contribution in [3.05, 3.63) is 95.6 Å². The smallest absolute Gasteiger partial charge is 0.206 e. The van der Waals surface area contributed by atoms with Crippen LogP contribution in [-0.2, 0) is 12.6 Å². The minimum atomic E-state index is -4.79. The molecule has 4 rings (SSSR count). The molecule has 0 spiro atoms. The number of hydrogen-bond acceptors (Lipinski definition) is 0. The predicted octanol–water partition coefficient (Wildman–Crippen LogP) is 9.59. The molecule has 0 radical (unpaired) electrons. The Balaban J connectivity index is 1.57. The second-order valence-corrected chi connectivity index (χ2v) is 8.59. The van der Waals surface area contributed by atoms with Crippen LogP contribution in [0.3, 0.4) is 0 Å². The largest absolute Gasteiger partial charge is 0.419 e. The Bertz CT molecular complexity index is 1300. The summed E-state index contributed by atoms with van der Waals surface area (Å²) < 4.78 is 67.2. The van der Waals surface area contributed by atoms with Gasteiger partial charge in [0.2, 0.25) is 0 Å². The first kappa shape index (κ1) is 23.9. The summed E-state index contributed by atoms with van der Waals surface area (Å²) in [6, 6.07) is 19.2. The van der Waals surface area contributed by atoms with Crippen LogP contribution < -0.4 is 0 Å². The summed E-state index contributed by atoms with van der Waals surface area (Å²) in [6.07, 6.45) is 1.12. The van der Waals surface area contributed by atoms with Crippen molar-refractivity contribution < 1.29 is 22.0 Å². The van der Waals surface area contributed by atoms with Crippen molar-refractivity contribution in [2.24, 2.45) is 0 Å². The van der Waals surface area contributed by atoms with E-state index in [2.05, 4.69) is 25.1 Å². The van der Waals surface area contributed by atoms with Crippen molar-refractivity contribution in [3.8, 4) is 22.3 Å². The molecular formula is C29H25F5. The average Bonchev–Trinajstić information content (AvgIpc) is 2.80. The maximum atomic E-state index is 14.9. The van der Waals surface area contributed by atoms with Gasteiger partial charge < -0.3 is 0 Å². The Kier molecular flexibility index (Phi) is 7.01. The van der Waals surface area contributed by atoms with Crippen LogP contribution in [0.2, 0.25) is 0 Å².